The molecule has 1 N–H and O–H groups in total. The lowest BCUT2D eigenvalue weighted by atomic mass is 10.0. The summed E-state index contributed by atoms with van der Waals surface area (Å²) in [6.07, 6.45) is 4.90. The van der Waals surface area contributed by atoms with E-state index in [1.807, 2.05) is 6.07 Å². The van der Waals surface area contributed by atoms with Crippen LogP contribution >= 0.6 is 45.2 Å². The topological polar surface area (TPSA) is 29.5 Å². The van der Waals surface area contributed by atoms with Crippen LogP contribution in [0.2, 0.25) is 0 Å². The first-order chi connectivity index (χ1) is 8.58. The molecule has 18 heavy (non-hydrogen) atoms. The molecule has 1 rings (SSSR count). The molecule has 0 fully saturated rings. The standard InChI is InChI=1S/C14H20I2O2/c1-3-5-6-10(4-2)9-18-14-8-11(15)13(17)7-12(14)16/h7-8,10,17H,3-6,9H2,1-2H3. The van der Waals surface area contributed by atoms with Gasteiger partial charge in [-0.1, -0.05) is 33.1 Å². The van der Waals surface area contributed by atoms with Crippen LogP contribution in [0.4, 0.5) is 0 Å². The van der Waals surface area contributed by atoms with Crippen molar-refractivity contribution in [2.24, 2.45) is 5.92 Å². The largest absolute Gasteiger partial charge is 0.507 e. The maximum absolute atomic E-state index is 9.60. The Hall–Kier alpha value is 0.280. The van der Waals surface area contributed by atoms with Gasteiger partial charge in [-0.25, -0.2) is 0 Å². The maximum Gasteiger partial charge on any atom is 0.133 e. The van der Waals surface area contributed by atoms with Crippen LogP contribution in [-0.2, 0) is 0 Å². The summed E-state index contributed by atoms with van der Waals surface area (Å²) in [5.74, 6) is 1.84. The molecule has 1 atom stereocenters. The molecule has 1 unspecified atom stereocenters. The lowest BCUT2D eigenvalue weighted by Gasteiger charge is -2.16. The number of hydrogen-bond acceptors (Lipinski definition) is 2. The monoisotopic (exact) mass is 474 g/mol. The fraction of sp³-hybridized carbons (Fsp3) is 0.571. The van der Waals surface area contributed by atoms with Crippen LogP contribution in [0, 0.1) is 13.1 Å². The van der Waals surface area contributed by atoms with Crippen LogP contribution in [0.15, 0.2) is 12.1 Å². The Bertz CT molecular complexity index is 380. The normalized spacial score (nSPS) is 12.4. The van der Waals surface area contributed by atoms with Gasteiger partial charge in [-0.2, -0.15) is 0 Å². The van der Waals surface area contributed by atoms with E-state index in [1.54, 1.807) is 6.07 Å². The van der Waals surface area contributed by atoms with E-state index >= 15 is 0 Å². The Labute approximate surface area is 137 Å². The summed E-state index contributed by atoms with van der Waals surface area (Å²) in [4.78, 5) is 0. The molecule has 0 amide bonds. The molecule has 0 aromatic heterocycles. The summed E-state index contributed by atoms with van der Waals surface area (Å²) in [5.41, 5.74) is 0. The van der Waals surface area contributed by atoms with Crippen LogP contribution in [0.5, 0.6) is 11.5 Å². The number of rotatable bonds is 7. The fourth-order valence-corrected chi connectivity index (χ4v) is 2.78. The third-order valence-corrected chi connectivity index (χ3v) is 4.73. The number of hydrogen-bond donors (Lipinski definition) is 1. The van der Waals surface area contributed by atoms with Crippen molar-refractivity contribution in [3.8, 4) is 11.5 Å². The van der Waals surface area contributed by atoms with Gasteiger partial charge in [0.05, 0.1) is 13.7 Å². The second-order valence-corrected chi connectivity index (χ2v) is 6.79. The lowest BCUT2D eigenvalue weighted by molar-refractivity contribution is 0.231. The molecule has 1 aromatic carbocycles. The molecular weight excluding hydrogens is 454 g/mol. The predicted molar refractivity (Wildman–Crippen MR) is 92.3 cm³/mol. The molecule has 0 saturated carbocycles. The first-order valence-corrected chi connectivity index (χ1v) is 8.55. The third kappa shape index (κ3) is 5.11. The van der Waals surface area contributed by atoms with Gasteiger partial charge in [-0.15, -0.1) is 0 Å². The number of phenolic OH excluding ortho intramolecular Hbond substituents is 1. The molecule has 0 spiro atoms. The Balaban J connectivity index is 2.59. The molecule has 0 radical (unpaired) electrons. The van der Waals surface area contributed by atoms with E-state index in [0.29, 0.717) is 11.7 Å². The zero-order chi connectivity index (χ0) is 13.5. The van der Waals surface area contributed by atoms with Gasteiger partial charge < -0.3 is 9.84 Å². The number of ether oxygens (including phenoxy) is 1. The second kappa shape index (κ2) is 8.45. The van der Waals surface area contributed by atoms with E-state index in [1.165, 1.54) is 19.3 Å². The van der Waals surface area contributed by atoms with Crippen LogP contribution in [0.1, 0.15) is 39.5 Å². The fourth-order valence-electron chi connectivity index (χ4n) is 1.73. The summed E-state index contributed by atoms with van der Waals surface area (Å²) < 4.78 is 7.71. The number of halogens is 2. The Morgan fingerprint density at radius 3 is 2.56 bits per heavy atom. The van der Waals surface area contributed by atoms with Crippen molar-refractivity contribution in [2.75, 3.05) is 6.61 Å². The summed E-state index contributed by atoms with van der Waals surface area (Å²) in [6.45, 7) is 5.21. The number of unbranched alkanes of at least 4 members (excludes halogenated alkanes) is 1. The Morgan fingerprint density at radius 1 is 1.22 bits per heavy atom. The van der Waals surface area contributed by atoms with E-state index in [0.717, 1.165) is 25.9 Å². The van der Waals surface area contributed by atoms with E-state index in [-0.39, 0.29) is 0 Å². The van der Waals surface area contributed by atoms with E-state index in [2.05, 4.69) is 59.0 Å². The van der Waals surface area contributed by atoms with Gasteiger partial charge in [0, 0.05) is 0 Å². The molecule has 0 saturated heterocycles. The molecular formula is C14H20I2O2. The first-order valence-electron chi connectivity index (χ1n) is 6.39. The Morgan fingerprint density at radius 2 is 1.94 bits per heavy atom. The Kier molecular flexibility index (Phi) is 7.67. The zero-order valence-electron chi connectivity index (χ0n) is 10.9. The average Bonchev–Trinajstić information content (AvgIpc) is 2.35. The van der Waals surface area contributed by atoms with Crippen molar-refractivity contribution in [2.45, 2.75) is 39.5 Å². The van der Waals surface area contributed by atoms with E-state index in [4.69, 9.17) is 4.74 Å². The number of phenols is 1. The van der Waals surface area contributed by atoms with Crippen molar-refractivity contribution in [1.29, 1.82) is 0 Å². The molecule has 4 heteroatoms. The van der Waals surface area contributed by atoms with Gasteiger partial charge in [0.1, 0.15) is 11.5 Å². The van der Waals surface area contributed by atoms with Gasteiger partial charge in [0.15, 0.2) is 0 Å². The van der Waals surface area contributed by atoms with Gasteiger partial charge >= 0.3 is 0 Å². The molecule has 102 valence electrons. The lowest BCUT2D eigenvalue weighted by Crippen LogP contribution is -2.11. The molecule has 2 nitrogen and oxygen atoms in total. The first kappa shape index (κ1) is 16.3. The minimum absolute atomic E-state index is 0.324. The van der Waals surface area contributed by atoms with Crippen molar-refractivity contribution in [1.82, 2.24) is 0 Å². The van der Waals surface area contributed by atoms with E-state index < -0.39 is 0 Å². The number of benzene rings is 1. The molecule has 0 aliphatic heterocycles. The van der Waals surface area contributed by atoms with Crippen molar-refractivity contribution in [3.63, 3.8) is 0 Å². The minimum atomic E-state index is 0.324. The molecule has 0 aliphatic rings. The van der Waals surface area contributed by atoms with Crippen molar-refractivity contribution < 1.29 is 9.84 Å². The van der Waals surface area contributed by atoms with Gasteiger partial charge in [0.25, 0.3) is 0 Å². The van der Waals surface area contributed by atoms with E-state index in [9.17, 15) is 5.11 Å². The smallest absolute Gasteiger partial charge is 0.133 e. The van der Waals surface area contributed by atoms with Crippen molar-refractivity contribution in [3.05, 3.63) is 19.3 Å². The summed E-state index contributed by atoms with van der Waals surface area (Å²) in [7, 11) is 0. The highest BCUT2D eigenvalue weighted by molar-refractivity contribution is 14.1. The summed E-state index contributed by atoms with van der Waals surface area (Å²) >= 11 is 4.32. The highest BCUT2D eigenvalue weighted by atomic mass is 127. The van der Waals surface area contributed by atoms with Gasteiger partial charge in [-0.05, 0) is 69.7 Å². The van der Waals surface area contributed by atoms with Crippen LogP contribution < -0.4 is 4.74 Å². The quantitative estimate of drug-likeness (QED) is 0.552. The number of aromatic hydroxyl groups is 1. The summed E-state index contributed by atoms with van der Waals surface area (Å²) in [6, 6.07) is 3.66. The maximum atomic E-state index is 9.60. The molecule has 0 heterocycles. The second-order valence-electron chi connectivity index (χ2n) is 4.46. The van der Waals surface area contributed by atoms with Crippen molar-refractivity contribution >= 4 is 45.2 Å². The highest BCUT2D eigenvalue weighted by Crippen LogP contribution is 2.30. The summed E-state index contributed by atoms with van der Waals surface area (Å²) in [5, 5.41) is 9.60. The third-order valence-electron chi connectivity index (χ3n) is 3.02. The molecule has 1 aromatic rings. The zero-order valence-corrected chi connectivity index (χ0v) is 15.2. The van der Waals surface area contributed by atoms with Gasteiger partial charge in [0.2, 0.25) is 0 Å². The molecule has 0 bridgehead atoms. The highest BCUT2D eigenvalue weighted by Gasteiger charge is 2.10. The molecule has 0 aliphatic carbocycles. The average molecular weight is 474 g/mol. The van der Waals surface area contributed by atoms with Gasteiger partial charge in [-0.3, -0.25) is 0 Å². The van der Waals surface area contributed by atoms with Crippen LogP contribution in [-0.4, -0.2) is 11.7 Å². The van der Waals surface area contributed by atoms with Crippen LogP contribution in [0.3, 0.4) is 0 Å². The SMILES string of the molecule is CCCCC(CC)COc1cc(I)c(O)cc1I. The van der Waals surface area contributed by atoms with Crippen LogP contribution in [0.25, 0.3) is 0 Å². The minimum Gasteiger partial charge on any atom is -0.507 e. The predicted octanol–water partition coefficient (Wildman–Crippen LogP) is 5.20.